The molecule has 1 aromatic carbocycles. The molecule has 1 aromatic heterocycles. The summed E-state index contributed by atoms with van der Waals surface area (Å²) in [6, 6.07) is 12.2. The highest BCUT2D eigenvalue weighted by atomic mass is 15.4. The number of nitrogens with one attached hydrogen (secondary N) is 1. The minimum Gasteiger partial charge on any atom is -0.297 e. The van der Waals surface area contributed by atoms with Crippen molar-refractivity contribution in [1.82, 2.24) is 20.1 Å². The molecule has 0 spiro atoms. The minimum absolute atomic E-state index is 0.445. The van der Waals surface area contributed by atoms with E-state index in [0.717, 1.165) is 30.1 Å². The summed E-state index contributed by atoms with van der Waals surface area (Å²) in [5.74, 6) is 1.74. The fourth-order valence-electron chi connectivity index (χ4n) is 2.38. The third-order valence-corrected chi connectivity index (χ3v) is 3.70. The first-order valence-electron chi connectivity index (χ1n) is 7.27. The average Bonchev–Trinajstić information content (AvgIpc) is 2.95. The lowest BCUT2D eigenvalue weighted by molar-refractivity contribution is 0.368. The van der Waals surface area contributed by atoms with Crippen molar-refractivity contribution in [3.8, 4) is 6.07 Å². The van der Waals surface area contributed by atoms with Crippen molar-refractivity contribution in [3.05, 3.63) is 47.5 Å². The fraction of sp³-hybridized carbons (Fsp3) is 0.438. The Morgan fingerprint density at radius 1 is 1.24 bits per heavy atom. The van der Waals surface area contributed by atoms with Crippen molar-refractivity contribution in [2.75, 3.05) is 7.05 Å². The highest BCUT2D eigenvalue weighted by Gasteiger charge is 2.32. The summed E-state index contributed by atoms with van der Waals surface area (Å²) >= 11 is 0. The first kappa shape index (κ1) is 15.2. The van der Waals surface area contributed by atoms with Crippen LogP contribution in [0, 0.1) is 11.3 Å². The van der Waals surface area contributed by atoms with Crippen LogP contribution in [-0.4, -0.2) is 21.8 Å². The summed E-state index contributed by atoms with van der Waals surface area (Å²) in [4.78, 5) is 4.51. The number of nitrogens with zero attached hydrogens (tertiary/aromatic N) is 4. The molecule has 2 aromatic rings. The van der Waals surface area contributed by atoms with E-state index in [1.807, 2.05) is 41.9 Å². The van der Waals surface area contributed by atoms with E-state index in [4.69, 9.17) is 0 Å². The van der Waals surface area contributed by atoms with Crippen LogP contribution in [0.4, 0.5) is 0 Å². The van der Waals surface area contributed by atoms with E-state index < -0.39 is 5.54 Å². The second-order valence-corrected chi connectivity index (χ2v) is 4.94. The molecule has 0 saturated carbocycles. The number of benzene rings is 1. The summed E-state index contributed by atoms with van der Waals surface area (Å²) in [6.07, 6.45) is 1.59. The summed E-state index contributed by atoms with van der Waals surface area (Å²) < 4.78 is 1.85. The second-order valence-electron chi connectivity index (χ2n) is 4.94. The third-order valence-electron chi connectivity index (χ3n) is 3.70. The van der Waals surface area contributed by atoms with Crippen molar-refractivity contribution >= 4 is 0 Å². The Morgan fingerprint density at radius 3 is 2.48 bits per heavy atom. The van der Waals surface area contributed by atoms with Crippen LogP contribution in [0.2, 0.25) is 0 Å². The molecule has 110 valence electrons. The van der Waals surface area contributed by atoms with E-state index >= 15 is 0 Å². The molecule has 0 fully saturated rings. The van der Waals surface area contributed by atoms with Gasteiger partial charge in [-0.25, -0.2) is 9.67 Å². The minimum atomic E-state index is -0.802. The largest absolute Gasteiger partial charge is 0.297 e. The van der Waals surface area contributed by atoms with Crippen LogP contribution in [0.25, 0.3) is 0 Å². The van der Waals surface area contributed by atoms with Gasteiger partial charge in [0, 0.05) is 12.8 Å². The van der Waals surface area contributed by atoms with Crippen LogP contribution < -0.4 is 5.32 Å². The summed E-state index contributed by atoms with van der Waals surface area (Å²) in [5.41, 5.74) is 0.134. The quantitative estimate of drug-likeness (QED) is 0.881. The van der Waals surface area contributed by atoms with E-state index in [-0.39, 0.29) is 0 Å². The fourth-order valence-corrected chi connectivity index (χ4v) is 2.38. The standard InChI is InChI=1S/C16H21N5/c1-4-14-19-15(5-2)21(20-14)12-16(11-17,18-3)13-9-7-6-8-10-13/h6-10,18H,4-5,12H2,1-3H3. The third kappa shape index (κ3) is 2.96. The van der Waals surface area contributed by atoms with Crippen molar-refractivity contribution in [2.24, 2.45) is 0 Å². The smallest absolute Gasteiger partial charge is 0.151 e. The zero-order valence-electron chi connectivity index (χ0n) is 12.8. The second kappa shape index (κ2) is 6.51. The molecule has 1 heterocycles. The van der Waals surface area contributed by atoms with Gasteiger partial charge in [-0.1, -0.05) is 44.2 Å². The Labute approximate surface area is 125 Å². The molecule has 5 nitrogen and oxygen atoms in total. The molecule has 21 heavy (non-hydrogen) atoms. The van der Waals surface area contributed by atoms with Crippen molar-refractivity contribution in [2.45, 2.75) is 38.8 Å². The first-order valence-corrected chi connectivity index (χ1v) is 7.27. The number of hydrogen-bond donors (Lipinski definition) is 1. The topological polar surface area (TPSA) is 66.5 Å². The lowest BCUT2D eigenvalue weighted by Gasteiger charge is -2.27. The van der Waals surface area contributed by atoms with Crippen LogP contribution in [0.15, 0.2) is 30.3 Å². The monoisotopic (exact) mass is 283 g/mol. The van der Waals surface area contributed by atoms with Crippen LogP contribution in [0.3, 0.4) is 0 Å². The molecule has 1 unspecified atom stereocenters. The Bertz CT molecular complexity index is 626. The number of rotatable bonds is 6. The van der Waals surface area contributed by atoms with Gasteiger partial charge >= 0.3 is 0 Å². The zero-order chi connectivity index (χ0) is 15.3. The number of hydrogen-bond acceptors (Lipinski definition) is 4. The Balaban J connectivity index is 2.42. The van der Waals surface area contributed by atoms with Gasteiger partial charge < -0.3 is 0 Å². The zero-order valence-corrected chi connectivity index (χ0v) is 12.8. The highest BCUT2D eigenvalue weighted by Crippen LogP contribution is 2.22. The van der Waals surface area contributed by atoms with Crippen molar-refractivity contribution < 1.29 is 0 Å². The molecule has 0 amide bonds. The summed E-state index contributed by atoms with van der Waals surface area (Å²) in [7, 11) is 1.81. The van der Waals surface area contributed by atoms with Crippen LogP contribution in [0.5, 0.6) is 0 Å². The normalized spacial score (nSPS) is 13.6. The van der Waals surface area contributed by atoms with Gasteiger partial charge in [-0.05, 0) is 12.6 Å². The predicted molar refractivity (Wildman–Crippen MR) is 81.6 cm³/mol. The van der Waals surface area contributed by atoms with Gasteiger partial charge in [-0.2, -0.15) is 10.4 Å². The van der Waals surface area contributed by atoms with E-state index in [2.05, 4.69) is 28.4 Å². The molecule has 0 aliphatic carbocycles. The van der Waals surface area contributed by atoms with Crippen LogP contribution in [0.1, 0.15) is 31.1 Å². The van der Waals surface area contributed by atoms with Gasteiger partial charge in [0.25, 0.3) is 0 Å². The molecule has 1 atom stereocenters. The van der Waals surface area contributed by atoms with E-state index in [1.165, 1.54) is 0 Å². The van der Waals surface area contributed by atoms with E-state index in [9.17, 15) is 5.26 Å². The molecule has 5 heteroatoms. The van der Waals surface area contributed by atoms with Gasteiger partial charge in [0.15, 0.2) is 11.4 Å². The molecule has 0 aliphatic heterocycles. The highest BCUT2D eigenvalue weighted by molar-refractivity contribution is 5.31. The molecule has 0 aliphatic rings. The Kier molecular flexibility index (Phi) is 4.71. The molecule has 2 rings (SSSR count). The number of aromatic nitrogens is 3. The van der Waals surface area contributed by atoms with Crippen LogP contribution >= 0.6 is 0 Å². The molecule has 0 radical (unpaired) electrons. The molecule has 0 bridgehead atoms. The molecule has 1 N–H and O–H groups in total. The molecule has 0 saturated heterocycles. The maximum atomic E-state index is 9.74. The van der Waals surface area contributed by atoms with Gasteiger partial charge in [0.05, 0.1) is 12.6 Å². The maximum absolute atomic E-state index is 9.74. The predicted octanol–water partition coefficient (Wildman–Crippen LogP) is 2.04. The van der Waals surface area contributed by atoms with Gasteiger partial charge in [-0.3, -0.25) is 5.32 Å². The lowest BCUT2D eigenvalue weighted by Crippen LogP contribution is -2.43. The number of nitriles is 1. The Morgan fingerprint density at radius 2 is 1.95 bits per heavy atom. The number of likely N-dealkylation sites (N-methyl/N-ethyl adjacent to an activating group) is 1. The molecular weight excluding hydrogens is 262 g/mol. The molecular formula is C16H21N5. The van der Waals surface area contributed by atoms with Crippen molar-refractivity contribution in [1.29, 1.82) is 5.26 Å². The van der Waals surface area contributed by atoms with Crippen LogP contribution in [-0.2, 0) is 24.9 Å². The van der Waals surface area contributed by atoms with Gasteiger partial charge in [0.1, 0.15) is 5.82 Å². The average molecular weight is 283 g/mol. The summed E-state index contributed by atoms with van der Waals surface area (Å²) in [5, 5.41) is 17.4. The van der Waals surface area contributed by atoms with E-state index in [1.54, 1.807) is 7.05 Å². The lowest BCUT2D eigenvalue weighted by atomic mass is 9.91. The summed E-state index contributed by atoms with van der Waals surface area (Å²) in [6.45, 7) is 4.53. The number of aryl methyl sites for hydroxylation is 2. The maximum Gasteiger partial charge on any atom is 0.151 e. The first-order chi connectivity index (χ1) is 10.2. The van der Waals surface area contributed by atoms with E-state index in [0.29, 0.717) is 6.54 Å². The Hall–Kier alpha value is -2.19. The van der Waals surface area contributed by atoms with Crippen molar-refractivity contribution in [3.63, 3.8) is 0 Å². The van der Waals surface area contributed by atoms with Gasteiger partial charge in [0.2, 0.25) is 0 Å². The van der Waals surface area contributed by atoms with Gasteiger partial charge in [-0.15, -0.1) is 0 Å². The SMILES string of the molecule is CCc1nc(CC)n(CC(C#N)(NC)c2ccccc2)n1.